The fraction of sp³-hybridized carbons (Fsp3) is 0.444. The Bertz CT molecular complexity index is 391. The Balaban J connectivity index is 0.000000396. The number of fused-ring (bicyclic) bond motifs is 1. The lowest BCUT2D eigenvalue weighted by molar-refractivity contribution is 0.663. The normalized spacial score (nSPS) is 9.54. The van der Waals surface area contributed by atoms with Crippen LogP contribution in [0.1, 0.15) is 19.4 Å². The Kier molecular flexibility index (Phi) is 2.95. The van der Waals surface area contributed by atoms with Crippen LogP contribution < -0.4 is 0 Å². The molecule has 2 heterocycles. The van der Waals surface area contributed by atoms with Gasteiger partial charge in [0.25, 0.3) is 0 Å². The van der Waals surface area contributed by atoms with E-state index in [4.69, 9.17) is 0 Å². The summed E-state index contributed by atoms with van der Waals surface area (Å²) in [5.41, 5.74) is 2.67. The highest BCUT2D eigenvalue weighted by Gasteiger charge is 1.99. The van der Waals surface area contributed by atoms with E-state index in [-0.39, 0.29) is 0 Å². The minimum absolute atomic E-state index is 0.707. The standard InChI is InChI=1S/C7H8N4.C2H6/c1-5-3-6-7(8-4-5)10-11(2)9-6;1-2/h3-4H,1-2H3;1-2H3. The Hall–Kier alpha value is -1.45. The molecule has 0 saturated carbocycles. The highest BCUT2D eigenvalue weighted by atomic mass is 15.5. The van der Waals surface area contributed by atoms with Crippen LogP contribution in [0.2, 0.25) is 0 Å². The van der Waals surface area contributed by atoms with Gasteiger partial charge in [0.1, 0.15) is 5.52 Å². The molecule has 0 unspecified atom stereocenters. The fourth-order valence-electron chi connectivity index (χ4n) is 1.01. The number of hydrogen-bond donors (Lipinski definition) is 0. The van der Waals surface area contributed by atoms with Crippen molar-refractivity contribution in [2.75, 3.05) is 0 Å². The molecule has 0 bridgehead atoms. The Labute approximate surface area is 77.6 Å². The molecule has 0 aliphatic heterocycles. The largest absolute Gasteiger partial charge is 0.233 e. The summed E-state index contributed by atoms with van der Waals surface area (Å²) in [6.45, 7) is 5.99. The molecule has 0 fully saturated rings. The molecule has 0 atom stereocenters. The molecule has 4 heteroatoms. The number of rotatable bonds is 0. The van der Waals surface area contributed by atoms with Crippen molar-refractivity contribution in [3.8, 4) is 0 Å². The van der Waals surface area contributed by atoms with Crippen LogP contribution in [0.25, 0.3) is 11.2 Å². The van der Waals surface area contributed by atoms with E-state index in [1.807, 2.05) is 26.8 Å². The number of nitrogens with zero attached hydrogens (tertiary/aromatic N) is 4. The first-order valence-electron chi connectivity index (χ1n) is 4.39. The molecule has 13 heavy (non-hydrogen) atoms. The van der Waals surface area contributed by atoms with E-state index in [0.717, 1.165) is 11.1 Å². The molecule has 0 aliphatic carbocycles. The molecule has 2 rings (SSSR count). The SMILES string of the molecule is CC.Cc1cnc2nn(C)nc2c1. The molecule has 0 aliphatic rings. The third-order valence-corrected chi connectivity index (χ3v) is 1.48. The zero-order chi connectivity index (χ0) is 9.84. The molecule has 0 N–H and O–H groups in total. The van der Waals surface area contributed by atoms with E-state index in [1.54, 1.807) is 13.2 Å². The van der Waals surface area contributed by atoms with Crippen molar-refractivity contribution >= 4 is 11.2 Å². The van der Waals surface area contributed by atoms with Crippen molar-refractivity contribution in [2.24, 2.45) is 7.05 Å². The van der Waals surface area contributed by atoms with Gasteiger partial charge in [-0.2, -0.15) is 9.90 Å². The molecule has 0 aromatic carbocycles. The predicted molar refractivity (Wildman–Crippen MR) is 52.4 cm³/mol. The van der Waals surface area contributed by atoms with Gasteiger partial charge >= 0.3 is 0 Å². The van der Waals surface area contributed by atoms with E-state index < -0.39 is 0 Å². The minimum atomic E-state index is 0.707. The Morgan fingerprint density at radius 1 is 1.23 bits per heavy atom. The summed E-state index contributed by atoms with van der Waals surface area (Å²) in [5, 5.41) is 8.17. The van der Waals surface area contributed by atoms with Crippen LogP contribution in [0.5, 0.6) is 0 Å². The van der Waals surface area contributed by atoms with Gasteiger partial charge in [0.05, 0.1) is 0 Å². The average Bonchev–Trinajstić information content (AvgIpc) is 2.48. The van der Waals surface area contributed by atoms with E-state index in [9.17, 15) is 0 Å². The van der Waals surface area contributed by atoms with Crippen molar-refractivity contribution in [1.82, 2.24) is 20.0 Å². The van der Waals surface area contributed by atoms with Gasteiger partial charge in [0, 0.05) is 13.2 Å². The van der Waals surface area contributed by atoms with E-state index in [0.29, 0.717) is 5.65 Å². The van der Waals surface area contributed by atoms with Gasteiger partial charge < -0.3 is 0 Å². The van der Waals surface area contributed by atoms with Gasteiger partial charge in [-0.25, -0.2) is 4.98 Å². The lowest BCUT2D eigenvalue weighted by atomic mass is 10.3. The third-order valence-electron chi connectivity index (χ3n) is 1.48. The number of aryl methyl sites for hydroxylation is 2. The van der Waals surface area contributed by atoms with Crippen LogP contribution >= 0.6 is 0 Å². The van der Waals surface area contributed by atoms with Crippen molar-refractivity contribution < 1.29 is 0 Å². The molecule has 4 nitrogen and oxygen atoms in total. The first kappa shape index (κ1) is 9.64. The lowest BCUT2D eigenvalue weighted by Crippen LogP contribution is -1.90. The molecule has 0 saturated heterocycles. The van der Waals surface area contributed by atoms with Crippen LogP contribution in [0, 0.1) is 6.92 Å². The summed E-state index contributed by atoms with van der Waals surface area (Å²) in [5.74, 6) is 0. The molecule has 0 spiro atoms. The minimum Gasteiger partial charge on any atom is -0.233 e. The fourth-order valence-corrected chi connectivity index (χ4v) is 1.01. The summed E-state index contributed by atoms with van der Waals surface area (Å²) < 4.78 is 0. The monoisotopic (exact) mass is 178 g/mol. The summed E-state index contributed by atoms with van der Waals surface area (Å²) in [4.78, 5) is 5.63. The quantitative estimate of drug-likeness (QED) is 0.616. The molecule has 0 amide bonds. The van der Waals surface area contributed by atoms with Crippen molar-refractivity contribution in [3.05, 3.63) is 17.8 Å². The van der Waals surface area contributed by atoms with Crippen LogP contribution in [0.3, 0.4) is 0 Å². The Morgan fingerprint density at radius 2 is 1.92 bits per heavy atom. The Morgan fingerprint density at radius 3 is 2.62 bits per heavy atom. The molecule has 70 valence electrons. The smallest absolute Gasteiger partial charge is 0.201 e. The number of aromatic nitrogens is 4. The van der Waals surface area contributed by atoms with E-state index >= 15 is 0 Å². The van der Waals surface area contributed by atoms with Gasteiger partial charge in [0.2, 0.25) is 5.65 Å². The van der Waals surface area contributed by atoms with Crippen molar-refractivity contribution in [3.63, 3.8) is 0 Å². The highest BCUT2D eigenvalue weighted by Crippen LogP contribution is 2.05. The maximum atomic E-state index is 4.12. The summed E-state index contributed by atoms with van der Waals surface area (Å²) in [6.07, 6.45) is 1.79. The van der Waals surface area contributed by atoms with Crippen LogP contribution in [-0.2, 0) is 7.05 Å². The van der Waals surface area contributed by atoms with Gasteiger partial charge in [-0.05, 0) is 18.6 Å². The first-order valence-corrected chi connectivity index (χ1v) is 4.39. The van der Waals surface area contributed by atoms with Crippen molar-refractivity contribution in [1.29, 1.82) is 0 Å². The molecule has 0 radical (unpaired) electrons. The second kappa shape index (κ2) is 3.98. The summed E-state index contributed by atoms with van der Waals surface area (Å²) in [6, 6.07) is 1.97. The molecular weight excluding hydrogens is 164 g/mol. The number of hydrogen-bond acceptors (Lipinski definition) is 3. The summed E-state index contributed by atoms with van der Waals surface area (Å²) >= 11 is 0. The molecule has 2 aromatic heterocycles. The van der Waals surface area contributed by atoms with Crippen LogP contribution in [0.15, 0.2) is 12.3 Å². The zero-order valence-electron chi connectivity index (χ0n) is 8.44. The molecule has 2 aromatic rings. The second-order valence-corrected chi connectivity index (χ2v) is 2.54. The van der Waals surface area contributed by atoms with Crippen molar-refractivity contribution in [2.45, 2.75) is 20.8 Å². The maximum Gasteiger partial charge on any atom is 0.201 e. The maximum absolute atomic E-state index is 4.12. The predicted octanol–water partition coefficient (Wildman–Crippen LogP) is 1.70. The highest BCUT2D eigenvalue weighted by molar-refractivity contribution is 5.68. The molecular formula is C9H14N4. The van der Waals surface area contributed by atoms with Gasteiger partial charge in [-0.1, -0.05) is 13.8 Å². The zero-order valence-corrected chi connectivity index (χ0v) is 8.44. The second-order valence-electron chi connectivity index (χ2n) is 2.54. The average molecular weight is 178 g/mol. The summed E-state index contributed by atoms with van der Waals surface area (Å²) in [7, 11) is 1.79. The topological polar surface area (TPSA) is 43.6 Å². The van der Waals surface area contributed by atoms with Gasteiger partial charge in [0.15, 0.2) is 0 Å². The van der Waals surface area contributed by atoms with Gasteiger partial charge in [-0.15, -0.1) is 5.10 Å². The van der Waals surface area contributed by atoms with Crippen LogP contribution in [-0.4, -0.2) is 20.0 Å². The van der Waals surface area contributed by atoms with E-state index in [1.165, 1.54) is 4.80 Å². The van der Waals surface area contributed by atoms with E-state index in [2.05, 4.69) is 15.2 Å². The number of pyridine rings is 1. The van der Waals surface area contributed by atoms with Gasteiger partial charge in [-0.3, -0.25) is 0 Å². The first-order chi connectivity index (χ1) is 6.25. The third kappa shape index (κ3) is 2.02. The van der Waals surface area contributed by atoms with Crippen LogP contribution in [0.4, 0.5) is 0 Å². The lowest BCUT2D eigenvalue weighted by Gasteiger charge is -1.86.